The van der Waals surface area contributed by atoms with Crippen LogP contribution in [0.5, 0.6) is 5.75 Å². The van der Waals surface area contributed by atoms with Gasteiger partial charge in [-0.1, -0.05) is 45.9 Å². The first kappa shape index (κ1) is 18.8. The molecule has 0 aliphatic heterocycles. The van der Waals surface area contributed by atoms with Crippen molar-refractivity contribution in [2.45, 2.75) is 33.1 Å². The minimum Gasteiger partial charge on any atom is -0.492 e. The molecule has 0 unspecified atom stereocenters. The van der Waals surface area contributed by atoms with E-state index in [2.05, 4.69) is 37.6 Å². The zero-order chi connectivity index (χ0) is 19.9. The highest BCUT2D eigenvalue weighted by Gasteiger charge is 2.39. The number of rotatable bonds is 6. The Labute approximate surface area is 166 Å². The molecule has 1 aliphatic carbocycles. The number of H-pyrrole nitrogens is 1. The van der Waals surface area contributed by atoms with E-state index < -0.39 is 0 Å². The number of likely N-dealkylation sites (N-methyl/N-ethyl adjacent to an activating group) is 1. The number of para-hydroxylation sites is 1. The molecule has 146 valence electrons. The average molecular weight is 377 g/mol. The molecular formula is C24H28N2O2. The molecule has 0 atom stereocenters. The molecule has 2 aromatic carbocycles. The average Bonchev–Trinajstić information content (AvgIpc) is 3.11. The summed E-state index contributed by atoms with van der Waals surface area (Å²) < 4.78 is 6.02. The number of nitrogens with one attached hydrogen (secondary N) is 1. The maximum atomic E-state index is 13.3. The van der Waals surface area contributed by atoms with Crippen LogP contribution in [0.3, 0.4) is 0 Å². The summed E-state index contributed by atoms with van der Waals surface area (Å²) in [7, 11) is 0. The van der Waals surface area contributed by atoms with Crippen molar-refractivity contribution in [3.05, 3.63) is 64.8 Å². The van der Waals surface area contributed by atoms with Crippen LogP contribution in [0.15, 0.2) is 42.5 Å². The molecule has 1 aliphatic rings. The molecule has 1 aromatic heterocycles. The molecular weight excluding hydrogens is 348 g/mol. The SMILES string of the molecule is CCN(CC)CCOc1ccc2c(c1)C(C)(C)c1[nH]c3ccccc3c1C2=O. The van der Waals surface area contributed by atoms with E-state index >= 15 is 0 Å². The fourth-order valence-corrected chi connectivity index (χ4v) is 4.28. The number of ketones is 1. The number of hydrogen-bond acceptors (Lipinski definition) is 3. The highest BCUT2D eigenvalue weighted by molar-refractivity contribution is 6.20. The second-order valence-electron chi connectivity index (χ2n) is 7.96. The van der Waals surface area contributed by atoms with Crippen LogP contribution < -0.4 is 4.74 Å². The van der Waals surface area contributed by atoms with Crippen LogP contribution in [-0.4, -0.2) is 41.9 Å². The van der Waals surface area contributed by atoms with E-state index in [9.17, 15) is 4.79 Å². The normalized spacial score (nSPS) is 15.0. The van der Waals surface area contributed by atoms with Gasteiger partial charge in [-0.25, -0.2) is 0 Å². The van der Waals surface area contributed by atoms with Gasteiger partial charge in [0.2, 0.25) is 0 Å². The summed E-state index contributed by atoms with van der Waals surface area (Å²) in [6, 6.07) is 13.9. The van der Waals surface area contributed by atoms with E-state index in [-0.39, 0.29) is 11.2 Å². The number of carbonyl (C=O) groups excluding carboxylic acids is 1. The molecule has 0 bridgehead atoms. The lowest BCUT2D eigenvalue weighted by molar-refractivity contribution is 0.103. The molecule has 0 spiro atoms. The van der Waals surface area contributed by atoms with Gasteiger partial charge in [-0.3, -0.25) is 4.79 Å². The van der Waals surface area contributed by atoms with Crippen molar-refractivity contribution in [3.8, 4) is 5.75 Å². The Balaban J connectivity index is 1.69. The quantitative estimate of drug-likeness (QED) is 0.675. The number of fused-ring (bicyclic) bond motifs is 4. The van der Waals surface area contributed by atoms with Crippen molar-refractivity contribution in [2.24, 2.45) is 0 Å². The van der Waals surface area contributed by atoms with E-state index in [1.165, 1.54) is 0 Å². The molecule has 0 saturated heterocycles. The Bertz CT molecular complexity index is 1030. The Hall–Kier alpha value is -2.59. The van der Waals surface area contributed by atoms with Gasteiger partial charge in [0.25, 0.3) is 0 Å². The van der Waals surface area contributed by atoms with Gasteiger partial charge < -0.3 is 14.6 Å². The predicted molar refractivity (Wildman–Crippen MR) is 114 cm³/mol. The van der Waals surface area contributed by atoms with Crippen molar-refractivity contribution >= 4 is 16.7 Å². The van der Waals surface area contributed by atoms with Crippen LogP contribution in [0.1, 0.15) is 54.9 Å². The lowest BCUT2D eigenvalue weighted by Gasteiger charge is -2.32. The van der Waals surface area contributed by atoms with Crippen molar-refractivity contribution in [2.75, 3.05) is 26.2 Å². The maximum Gasteiger partial charge on any atom is 0.195 e. The van der Waals surface area contributed by atoms with Crippen molar-refractivity contribution in [3.63, 3.8) is 0 Å². The van der Waals surface area contributed by atoms with Crippen molar-refractivity contribution in [1.82, 2.24) is 9.88 Å². The van der Waals surface area contributed by atoms with Crippen LogP contribution in [0, 0.1) is 0 Å². The summed E-state index contributed by atoms with van der Waals surface area (Å²) in [5, 5.41) is 1.00. The number of aromatic amines is 1. The first-order valence-corrected chi connectivity index (χ1v) is 10.1. The number of carbonyl (C=O) groups is 1. The predicted octanol–water partition coefficient (Wildman–Crippen LogP) is 4.76. The van der Waals surface area contributed by atoms with Gasteiger partial charge in [-0.15, -0.1) is 0 Å². The third-order valence-electron chi connectivity index (χ3n) is 6.04. The number of nitrogens with zero attached hydrogens (tertiary/aromatic N) is 1. The van der Waals surface area contributed by atoms with Crippen LogP contribution in [0.25, 0.3) is 10.9 Å². The van der Waals surface area contributed by atoms with Gasteiger partial charge in [0, 0.05) is 34.1 Å². The molecule has 4 rings (SSSR count). The minimum absolute atomic E-state index is 0.0940. The monoisotopic (exact) mass is 376 g/mol. The molecule has 4 heteroatoms. The van der Waals surface area contributed by atoms with Crippen LogP contribution in [0.4, 0.5) is 0 Å². The summed E-state index contributed by atoms with van der Waals surface area (Å²) in [5.41, 5.74) is 4.32. The van der Waals surface area contributed by atoms with E-state index in [1.54, 1.807) is 0 Å². The Morgan fingerprint density at radius 1 is 1.07 bits per heavy atom. The van der Waals surface area contributed by atoms with E-state index in [0.717, 1.165) is 58.7 Å². The van der Waals surface area contributed by atoms with Gasteiger partial charge in [0.15, 0.2) is 5.78 Å². The maximum absolute atomic E-state index is 13.3. The van der Waals surface area contributed by atoms with Crippen LogP contribution in [-0.2, 0) is 5.41 Å². The zero-order valence-electron chi connectivity index (χ0n) is 17.1. The molecule has 0 amide bonds. The summed E-state index contributed by atoms with van der Waals surface area (Å²) in [5.74, 6) is 0.919. The highest BCUT2D eigenvalue weighted by atomic mass is 16.5. The largest absolute Gasteiger partial charge is 0.492 e. The Morgan fingerprint density at radius 2 is 1.82 bits per heavy atom. The number of ether oxygens (including phenoxy) is 1. The summed E-state index contributed by atoms with van der Waals surface area (Å²) in [4.78, 5) is 19.1. The second kappa shape index (κ2) is 7.10. The van der Waals surface area contributed by atoms with Gasteiger partial charge >= 0.3 is 0 Å². The van der Waals surface area contributed by atoms with Gasteiger partial charge in [-0.05, 0) is 42.9 Å². The third kappa shape index (κ3) is 2.92. The fraction of sp³-hybridized carbons (Fsp3) is 0.375. The zero-order valence-corrected chi connectivity index (χ0v) is 17.1. The molecule has 28 heavy (non-hydrogen) atoms. The van der Waals surface area contributed by atoms with E-state index in [4.69, 9.17) is 4.74 Å². The van der Waals surface area contributed by atoms with Crippen LogP contribution in [0.2, 0.25) is 0 Å². The molecule has 1 heterocycles. The Kier molecular flexibility index (Phi) is 4.76. The topological polar surface area (TPSA) is 45.3 Å². The first-order chi connectivity index (χ1) is 13.5. The van der Waals surface area contributed by atoms with Crippen molar-refractivity contribution < 1.29 is 9.53 Å². The van der Waals surface area contributed by atoms with Crippen LogP contribution >= 0.6 is 0 Å². The van der Waals surface area contributed by atoms with Crippen molar-refractivity contribution in [1.29, 1.82) is 0 Å². The van der Waals surface area contributed by atoms with Gasteiger partial charge in [0.1, 0.15) is 12.4 Å². The number of hydrogen-bond donors (Lipinski definition) is 1. The molecule has 1 N–H and O–H groups in total. The number of benzene rings is 2. The van der Waals surface area contributed by atoms with Gasteiger partial charge in [-0.2, -0.15) is 0 Å². The fourth-order valence-electron chi connectivity index (χ4n) is 4.28. The Morgan fingerprint density at radius 3 is 2.57 bits per heavy atom. The first-order valence-electron chi connectivity index (χ1n) is 10.1. The molecule has 0 radical (unpaired) electrons. The molecule has 0 saturated carbocycles. The lowest BCUT2D eigenvalue weighted by Crippen LogP contribution is -2.30. The minimum atomic E-state index is -0.296. The molecule has 4 nitrogen and oxygen atoms in total. The standard InChI is InChI=1S/C24H28N2O2/c1-5-26(6-2)13-14-28-16-11-12-17-19(15-16)24(3,4)23-21(22(17)27)18-9-7-8-10-20(18)25-23/h7-12,15,25H,5-6,13-14H2,1-4H3. The van der Waals surface area contributed by atoms with Gasteiger partial charge in [0.05, 0.1) is 5.56 Å². The lowest BCUT2D eigenvalue weighted by atomic mass is 9.71. The smallest absolute Gasteiger partial charge is 0.195 e. The summed E-state index contributed by atoms with van der Waals surface area (Å²) >= 11 is 0. The summed E-state index contributed by atoms with van der Waals surface area (Å²) in [6.07, 6.45) is 0. The second-order valence-corrected chi connectivity index (χ2v) is 7.96. The highest BCUT2D eigenvalue weighted by Crippen LogP contribution is 2.44. The third-order valence-corrected chi connectivity index (χ3v) is 6.04. The number of aromatic nitrogens is 1. The van der Waals surface area contributed by atoms with E-state index in [1.807, 2.05) is 42.5 Å². The van der Waals surface area contributed by atoms with E-state index in [0.29, 0.717) is 6.61 Å². The molecule has 0 fully saturated rings. The summed E-state index contributed by atoms with van der Waals surface area (Å²) in [6.45, 7) is 12.3. The molecule has 3 aromatic rings.